The number of nitrogens with zero attached hydrogens (tertiary/aromatic N) is 3. The van der Waals surface area contributed by atoms with Crippen LogP contribution < -0.4 is 9.80 Å². The predicted molar refractivity (Wildman–Crippen MR) is 335 cm³/mol. The van der Waals surface area contributed by atoms with Gasteiger partial charge in [-0.1, -0.05) is 237 Å². The zero-order valence-corrected chi connectivity index (χ0v) is 43.8. The number of aromatic nitrogens is 1. The molecule has 0 fully saturated rings. The van der Waals surface area contributed by atoms with Gasteiger partial charge in [0.15, 0.2) is 0 Å². The van der Waals surface area contributed by atoms with Crippen molar-refractivity contribution in [3.8, 4) is 50.2 Å². The van der Waals surface area contributed by atoms with Crippen molar-refractivity contribution in [1.82, 2.24) is 4.57 Å². The van der Waals surface area contributed by atoms with Gasteiger partial charge in [-0.2, -0.15) is 0 Å². The van der Waals surface area contributed by atoms with Crippen molar-refractivity contribution < 1.29 is 0 Å². The molecule has 14 aromatic rings. The third-order valence-corrected chi connectivity index (χ3v) is 17.0. The third kappa shape index (κ3) is 6.81. The van der Waals surface area contributed by atoms with E-state index < -0.39 is 5.41 Å². The highest BCUT2D eigenvalue weighted by Crippen LogP contribution is 2.65. The molecule has 16 rings (SSSR count). The molecule has 2 heterocycles. The standard InChI is InChI=1S/C77H51N3/c1-3-25-55(26-4-1)79-71-41-18-13-33-63(71)64-50-47-54(51-75(64)79)52-45-48-57(49-46-52)78(70-40-17-12-32-62(70)61-31-10-9-30-60(61)59-35-21-24-53-23-7-8-29-58(53)59)74-44-22-39-69-76(74)65-34-11-14-36-66(65)77(69)67-37-15-19-42-72(67)80(56-27-5-2-6-28-56)73-43-20-16-38-68(73)77/h1-51H. The molecule has 0 atom stereocenters. The minimum atomic E-state index is -0.628. The molecule has 0 radical (unpaired) electrons. The highest BCUT2D eigenvalue weighted by molar-refractivity contribution is 6.11. The summed E-state index contributed by atoms with van der Waals surface area (Å²) >= 11 is 0. The maximum Gasteiger partial charge on any atom is 0.0755 e. The van der Waals surface area contributed by atoms with Crippen LogP contribution in [0.15, 0.2) is 309 Å². The zero-order valence-electron chi connectivity index (χ0n) is 43.8. The van der Waals surface area contributed by atoms with Crippen molar-refractivity contribution in [1.29, 1.82) is 0 Å². The molecule has 0 saturated carbocycles. The molecule has 80 heavy (non-hydrogen) atoms. The Morgan fingerprint density at radius 1 is 0.287 bits per heavy atom. The van der Waals surface area contributed by atoms with Crippen LogP contribution in [0.5, 0.6) is 0 Å². The summed E-state index contributed by atoms with van der Waals surface area (Å²) in [6.07, 6.45) is 0. The van der Waals surface area contributed by atoms with Crippen LogP contribution in [0.25, 0.3) is 82.8 Å². The van der Waals surface area contributed by atoms with Crippen LogP contribution in [0.4, 0.5) is 34.1 Å². The molecule has 1 aliphatic carbocycles. The van der Waals surface area contributed by atoms with Crippen molar-refractivity contribution in [2.24, 2.45) is 0 Å². The Morgan fingerprint density at radius 3 is 1.54 bits per heavy atom. The fraction of sp³-hybridized carbons (Fsp3) is 0.0130. The van der Waals surface area contributed by atoms with Gasteiger partial charge in [0.05, 0.1) is 39.2 Å². The molecular formula is C77H51N3. The number of benzene rings is 13. The highest BCUT2D eigenvalue weighted by Gasteiger charge is 2.52. The van der Waals surface area contributed by atoms with Crippen LogP contribution in [0.3, 0.4) is 0 Å². The lowest BCUT2D eigenvalue weighted by molar-refractivity contribution is 0.752. The van der Waals surface area contributed by atoms with Crippen LogP contribution in [0, 0.1) is 0 Å². The van der Waals surface area contributed by atoms with Gasteiger partial charge in [-0.3, -0.25) is 0 Å². The quantitative estimate of drug-likeness (QED) is 0.150. The van der Waals surface area contributed by atoms with E-state index in [4.69, 9.17) is 0 Å². The number of anilines is 6. The normalized spacial score (nSPS) is 12.8. The maximum atomic E-state index is 2.54. The molecule has 13 aromatic carbocycles. The van der Waals surface area contributed by atoms with Gasteiger partial charge in [0.1, 0.15) is 0 Å². The van der Waals surface area contributed by atoms with E-state index in [-0.39, 0.29) is 0 Å². The molecule has 0 bridgehead atoms. The van der Waals surface area contributed by atoms with Gasteiger partial charge in [-0.05, 0) is 139 Å². The summed E-state index contributed by atoms with van der Waals surface area (Å²) in [4.78, 5) is 5.00. The first-order valence-corrected chi connectivity index (χ1v) is 27.7. The number of para-hydroxylation sites is 6. The lowest BCUT2D eigenvalue weighted by atomic mass is 9.64. The molecule has 3 nitrogen and oxygen atoms in total. The molecule has 0 N–H and O–H groups in total. The summed E-state index contributed by atoms with van der Waals surface area (Å²) < 4.78 is 2.40. The van der Waals surface area contributed by atoms with Gasteiger partial charge in [0.2, 0.25) is 0 Å². The lowest BCUT2D eigenvalue weighted by Gasteiger charge is -2.45. The SMILES string of the molecule is c1ccc(N2c3ccccc3C3(c4ccccc4-c4c(N(c5ccc(-c6ccc7c8ccccc8n(-c8ccccc8)c7c6)cc5)c5ccccc5-c5ccccc5-c5cccc6ccccc56)cccc43)c3ccccc32)cc1. The largest absolute Gasteiger partial charge is 0.310 e. The van der Waals surface area contributed by atoms with Crippen LogP contribution >= 0.6 is 0 Å². The Labute approximate surface area is 465 Å². The maximum absolute atomic E-state index is 2.54. The van der Waals surface area contributed by atoms with E-state index >= 15 is 0 Å². The summed E-state index contributed by atoms with van der Waals surface area (Å²) in [5.74, 6) is 0. The second kappa shape index (κ2) is 18.3. The van der Waals surface area contributed by atoms with E-state index in [1.807, 2.05) is 0 Å². The van der Waals surface area contributed by atoms with E-state index in [2.05, 4.69) is 324 Å². The van der Waals surface area contributed by atoms with Gasteiger partial charge >= 0.3 is 0 Å². The molecular weight excluding hydrogens is 967 g/mol. The Hall–Kier alpha value is -10.5. The number of fused-ring (bicyclic) bond motifs is 13. The van der Waals surface area contributed by atoms with Crippen molar-refractivity contribution in [2.45, 2.75) is 5.41 Å². The molecule has 0 saturated heterocycles. The van der Waals surface area contributed by atoms with Gasteiger partial charge in [-0.15, -0.1) is 0 Å². The lowest BCUT2D eigenvalue weighted by Crippen LogP contribution is -2.36. The summed E-state index contributed by atoms with van der Waals surface area (Å²) in [6.45, 7) is 0. The average molecular weight is 1020 g/mol. The molecule has 3 heteroatoms. The van der Waals surface area contributed by atoms with E-state index in [9.17, 15) is 0 Å². The Kier molecular flexibility index (Phi) is 10.5. The Bertz CT molecular complexity index is 4670. The second-order valence-corrected chi connectivity index (χ2v) is 21.1. The predicted octanol–water partition coefficient (Wildman–Crippen LogP) is 20.6. The summed E-state index contributed by atoms with van der Waals surface area (Å²) in [6, 6.07) is 114. The van der Waals surface area contributed by atoms with Crippen molar-refractivity contribution in [2.75, 3.05) is 9.80 Å². The van der Waals surface area contributed by atoms with Gasteiger partial charge < -0.3 is 14.4 Å². The van der Waals surface area contributed by atoms with E-state index in [0.717, 1.165) is 45.1 Å². The second-order valence-electron chi connectivity index (χ2n) is 21.1. The van der Waals surface area contributed by atoms with Crippen molar-refractivity contribution >= 4 is 66.7 Å². The summed E-state index contributed by atoms with van der Waals surface area (Å²) in [5, 5.41) is 4.94. The smallest absolute Gasteiger partial charge is 0.0755 e. The average Bonchev–Trinajstić information content (AvgIpc) is 4.24. The van der Waals surface area contributed by atoms with E-state index in [0.29, 0.717) is 0 Å². The minimum absolute atomic E-state index is 0.628. The van der Waals surface area contributed by atoms with E-state index in [1.165, 1.54) is 94.0 Å². The molecule has 374 valence electrons. The summed E-state index contributed by atoms with van der Waals surface area (Å²) in [5.41, 5.74) is 24.2. The molecule has 1 aliphatic heterocycles. The topological polar surface area (TPSA) is 11.4 Å². The van der Waals surface area contributed by atoms with Crippen molar-refractivity contribution in [3.05, 3.63) is 332 Å². The molecule has 2 aliphatic rings. The number of hydrogen-bond donors (Lipinski definition) is 0. The van der Waals surface area contributed by atoms with E-state index in [1.54, 1.807) is 0 Å². The van der Waals surface area contributed by atoms with Crippen molar-refractivity contribution in [3.63, 3.8) is 0 Å². The molecule has 0 unspecified atom stereocenters. The Balaban J connectivity index is 0.934. The van der Waals surface area contributed by atoms with Crippen LogP contribution in [-0.2, 0) is 5.41 Å². The van der Waals surface area contributed by atoms with Gasteiger partial charge in [-0.25, -0.2) is 0 Å². The first-order chi connectivity index (χ1) is 39.7. The fourth-order valence-electron chi connectivity index (χ4n) is 13.7. The van der Waals surface area contributed by atoms with Crippen LogP contribution in [0.2, 0.25) is 0 Å². The third-order valence-electron chi connectivity index (χ3n) is 17.0. The van der Waals surface area contributed by atoms with Gasteiger partial charge in [0.25, 0.3) is 0 Å². The zero-order chi connectivity index (χ0) is 52.7. The molecule has 1 spiro atoms. The fourth-order valence-corrected chi connectivity index (χ4v) is 13.7. The number of rotatable bonds is 8. The minimum Gasteiger partial charge on any atom is -0.310 e. The highest BCUT2D eigenvalue weighted by atomic mass is 15.2. The summed E-state index contributed by atoms with van der Waals surface area (Å²) in [7, 11) is 0. The number of hydrogen-bond acceptors (Lipinski definition) is 2. The van der Waals surface area contributed by atoms with Gasteiger partial charge in [0, 0.05) is 39.0 Å². The monoisotopic (exact) mass is 1020 g/mol. The first-order valence-electron chi connectivity index (χ1n) is 27.7. The van der Waals surface area contributed by atoms with Crippen LogP contribution in [0.1, 0.15) is 22.3 Å². The Morgan fingerprint density at radius 2 is 0.787 bits per heavy atom. The van der Waals surface area contributed by atoms with Crippen LogP contribution in [-0.4, -0.2) is 4.57 Å². The molecule has 1 aromatic heterocycles. The molecule has 0 amide bonds. The first kappa shape index (κ1) is 45.7.